The standard InChI is InChI=1S/C13H21BrN2/c1-10(2)9-16(11(3)4)13-12(8-14)6-5-7-15-13/h5-7,10-11H,8-9H2,1-4H3. The largest absolute Gasteiger partial charge is 0.354 e. The van der Waals surface area contributed by atoms with E-state index in [1.165, 1.54) is 5.56 Å². The molecule has 0 spiro atoms. The SMILES string of the molecule is CC(C)CN(c1ncccc1CBr)C(C)C. The van der Waals surface area contributed by atoms with E-state index in [9.17, 15) is 0 Å². The molecule has 1 rings (SSSR count). The van der Waals surface area contributed by atoms with Crippen LogP contribution in [0, 0.1) is 5.92 Å². The number of hydrogen-bond acceptors (Lipinski definition) is 2. The monoisotopic (exact) mass is 284 g/mol. The minimum Gasteiger partial charge on any atom is -0.354 e. The zero-order chi connectivity index (χ0) is 12.1. The van der Waals surface area contributed by atoms with Gasteiger partial charge in [-0.2, -0.15) is 0 Å². The van der Waals surface area contributed by atoms with Crippen molar-refractivity contribution in [3.8, 4) is 0 Å². The van der Waals surface area contributed by atoms with Crippen molar-refractivity contribution >= 4 is 21.7 Å². The van der Waals surface area contributed by atoms with Gasteiger partial charge in [0, 0.05) is 29.7 Å². The summed E-state index contributed by atoms with van der Waals surface area (Å²) in [5.41, 5.74) is 1.26. The van der Waals surface area contributed by atoms with E-state index >= 15 is 0 Å². The highest BCUT2D eigenvalue weighted by Crippen LogP contribution is 2.22. The second kappa shape index (κ2) is 6.24. The topological polar surface area (TPSA) is 16.1 Å². The third kappa shape index (κ3) is 3.48. The lowest BCUT2D eigenvalue weighted by molar-refractivity contribution is 0.565. The summed E-state index contributed by atoms with van der Waals surface area (Å²) in [6, 6.07) is 4.61. The van der Waals surface area contributed by atoms with E-state index in [1.807, 2.05) is 12.3 Å². The molecule has 0 radical (unpaired) electrons. The summed E-state index contributed by atoms with van der Waals surface area (Å²) >= 11 is 3.53. The lowest BCUT2D eigenvalue weighted by Crippen LogP contribution is -2.35. The van der Waals surface area contributed by atoms with Gasteiger partial charge in [-0.25, -0.2) is 4.98 Å². The van der Waals surface area contributed by atoms with Crippen molar-refractivity contribution in [1.29, 1.82) is 0 Å². The maximum Gasteiger partial charge on any atom is 0.132 e. The third-order valence-corrected chi connectivity index (χ3v) is 3.07. The van der Waals surface area contributed by atoms with E-state index in [2.05, 4.69) is 59.6 Å². The maximum atomic E-state index is 4.52. The quantitative estimate of drug-likeness (QED) is 0.764. The van der Waals surface area contributed by atoms with Gasteiger partial charge >= 0.3 is 0 Å². The van der Waals surface area contributed by atoms with E-state index in [0.717, 1.165) is 17.7 Å². The van der Waals surface area contributed by atoms with Crippen LogP contribution in [0.15, 0.2) is 18.3 Å². The van der Waals surface area contributed by atoms with Crippen LogP contribution in [-0.2, 0) is 5.33 Å². The average molecular weight is 285 g/mol. The number of hydrogen-bond donors (Lipinski definition) is 0. The molecule has 0 aliphatic rings. The Labute approximate surface area is 107 Å². The fraction of sp³-hybridized carbons (Fsp3) is 0.615. The zero-order valence-electron chi connectivity index (χ0n) is 10.6. The second-order valence-corrected chi connectivity index (χ2v) is 5.32. The second-order valence-electron chi connectivity index (χ2n) is 4.76. The molecule has 2 nitrogen and oxygen atoms in total. The Kier molecular flexibility index (Phi) is 5.26. The summed E-state index contributed by atoms with van der Waals surface area (Å²) < 4.78 is 0. The summed E-state index contributed by atoms with van der Waals surface area (Å²) in [4.78, 5) is 6.90. The predicted molar refractivity (Wildman–Crippen MR) is 74.2 cm³/mol. The van der Waals surface area contributed by atoms with Crippen molar-refractivity contribution in [3.63, 3.8) is 0 Å². The van der Waals surface area contributed by atoms with Gasteiger partial charge in [-0.05, 0) is 25.8 Å². The molecule has 90 valence electrons. The Balaban J connectivity index is 3.00. The Morgan fingerprint density at radius 3 is 2.50 bits per heavy atom. The van der Waals surface area contributed by atoms with Crippen LogP contribution in [0.1, 0.15) is 33.3 Å². The number of aromatic nitrogens is 1. The van der Waals surface area contributed by atoms with Gasteiger partial charge < -0.3 is 4.90 Å². The van der Waals surface area contributed by atoms with Crippen molar-refractivity contribution < 1.29 is 0 Å². The van der Waals surface area contributed by atoms with E-state index < -0.39 is 0 Å². The Morgan fingerprint density at radius 1 is 1.31 bits per heavy atom. The van der Waals surface area contributed by atoms with Gasteiger partial charge in [0.25, 0.3) is 0 Å². The molecule has 0 atom stereocenters. The molecule has 0 unspecified atom stereocenters. The first-order chi connectivity index (χ1) is 7.56. The van der Waals surface area contributed by atoms with Crippen LogP contribution >= 0.6 is 15.9 Å². The van der Waals surface area contributed by atoms with Gasteiger partial charge in [-0.3, -0.25) is 0 Å². The zero-order valence-corrected chi connectivity index (χ0v) is 12.2. The molecule has 0 aliphatic carbocycles. The van der Waals surface area contributed by atoms with Crippen LogP contribution in [0.5, 0.6) is 0 Å². The lowest BCUT2D eigenvalue weighted by atomic mass is 10.1. The van der Waals surface area contributed by atoms with Gasteiger partial charge in [0.15, 0.2) is 0 Å². The molecule has 0 fully saturated rings. The van der Waals surface area contributed by atoms with Gasteiger partial charge in [-0.1, -0.05) is 35.8 Å². The summed E-state index contributed by atoms with van der Waals surface area (Å²) in [6.07, 6.45) is 1.87. The van der Waals surface area contributed by atoms with E-state index in [1.54, 1.807) is 0 Å². The van der Waals surface area contributed by atoms with Crippen LogP contribution in [0.3, 0.4) is 0 Å². The number of alkyl halides is 1. The fourth-order valence-corrected chi connectivity index (χ4v) is 2.17. The Hall–Kier alpha value is -0.570. The third-order valence-electron chi connectivity index (χ3n) is 2.47. The smallest absolute Gasteiger partial charge is 0.132 e. The maximum absolute atomic E-state index is 4.52. The van der Waals surface area contributed by atoms with Crippen molar-refractivity contribution in [3.05, 3.63) is 23.9 Å². The minimum absolute atomic E-state index is 0.482. The molecule has 0 aliphatic heterocycles. The van der Waals surface area contributed by atoms with Gasteiger partial charge in [0.05, 0.1) is 0 Å². The van der Waals surface area contributed by atoms with E-state index in [-0.39, 0.29) is 0 Å². The molecule has 3 heteroatoms. The number of rotatable bonds is 5. The molecule has 0 saturated heterocycles. The molecule has 1 heterocycles. The van der Waals surface area contributed by atoms with Crippen molar-refractivity contribution in [2.45, 2.75) is 39.1 Å². The van der Waals surface area contributed by atoms with Crippen LogP contribution < -0.4 is 4.90 Å². The summed E-state index contributed by atoms with van der Waals surface area (Å²) in [6.45, 7) is 9.97. The molecule has 0 aromatic carbocycles. The van der Waals surface area contributed by atoms with Crippen molar-refractivity contribution in [2.24, 2.45) is 5.92 Å². The molecule has 1 aromatic heterocycles. The first-order valence-electron chi connectivity index (χ1n) is 5.82. The number of halogens is 1. The van der Waals surface area contributed by atoms with Crippen molar-refractivity contribution in [2.75, 3.05) is 11.4 Å². The molecular weight excluding hydrogens is 264 g/mol. The molecule has 0 amide bonds. The van der Waals surface area contributed by atoms with Crippen LogP contribution in [0.4, 0.5) is 5.82 Å². The van der Waals surface area contributed by atoms with Gasteiger partial charge in [-0.15, -0.1) is 0 Å². The summed E-state index contributed by atoms with van der Waals surface area (Å²) in [7, 11) is 0. The highest BCUT2D eigenvalue weighted by Gasteiger charge is 2.16. The number of pyridine rings is 1. The molecule has 0 bridgehead atoms. The molecule has 0 N–H and O–H groups in total. The summed E-state index contributed by atoms with van der Waals surface area (Å²) in [5, 5.41) is 0.859. The Bertz CT molecular complexity index is 323. The normalized spacial score (nSPS) is 11.2. The van der Waals surface area contributed by atoms with E-state index in [4.69, 9.17) is 0 Å². The summed E-state index contributed by atoms with van der Waals surface area (Å²) in [5.74, 6) is 1.76. The Morgan fingerprint density at radius 2 is 2.00 bits per heavy atom. The van der Waals surface area contributed by atoms with Crippen LogP contribution in [0.2, 0.25) is 0 Å². The van der Waals surface area contributed by atoms with Gasteiger partial charge in [0.2, 0.25) is 0 Å². The average Bonchev–Trinajstić information content (AvgIpc) is 2.25. The molecule has 1 aromatic rings. The van der Waals surface area contributed by atoms with E-state index in [0.29, 0.717) is 12.0 Å². The molecular formula is C13H21BrN2. The van der Waals surface area contributed by atoms with Crippen molar-refractivity contribution in [1.82, 2.24) is 4.98 Å². The number of nitrogens with zero attached hydrogens (tertiary/aromatic N) is 2. The van der Waals surface area contributed by atoms with Gasteiger partial charge in [0.1, 0.15) is 5.82 Å². The van der Waals surface area contributed by atoms with Crippen LogP contribution in [0.25, 0.3) is 0 Å². The highest BCUT2D eigenvalue weighted by atomic mass is 79.9. The van der Waals surface area contributed by atoms with Crippen LogP contribution in [-0.4, -0.2) is 17.6 Å². The molecule has 16 heavy (non-hydrogen) atoms. The highest BCUT2D eigenvalue weighted by molar-refractivity contribution is 9.08. The minimum atomic E-state index is 0.482. The first kappa shape index (κ1) is 13.5. The lowest BCUT2D eigenvalue weighted by Gasteiger charge is -2.31. The number of anilines is 1. The first-order valence-corrected chi connectivity index (χ1v) is 6.95. The predicted octanol–water partition coefficient (Wildman–Crippen LogP) is 3.85. The molecule has 0 saturated carbocycles. The fourth-order valence-electron chi connectivity index (χ4n) is 1.73.